The van der Waals surface area contributed by atoms with E-state index in [1.54, 1.807) is 23.0 Å². The molecule has 7 N–H and O–H groups in total. The molecule has 0 unspecified atom stereocenters. The van der Waals surface area contributed by atoms with Gasteiger partial charge in [-0.15, -0.1) is 5.10 Å². The molecule has 0 saturated carbocycles. The SMILES string of the molecule is O=C(Cc1ccc(-c2ccccc2)cc1)NC[C@@H](O)[C@@H](O)[C@@H]1O[C@@](OCCOCCOCc2cn(CCOCCOCCOCCOCCC(=O)Oc3c(F)c(F)c(F)c(F)c3F)nn2)(C(=O)O)C[C@H](O)[C@H]1NC(=O)CO. The lowest BCUT2D eigenvalue weighted by Crippen LogP contribution is -2.68. The van der Waals surface area contributed by atoms with Gasteiger partial charge in [-0.2, -0.15) is 8.78 Å². The van der Waals surface area contributed by atoms with Crippen molar-refractivity contribution in [3.8, 4) is 16.9 Å². The van der Waals surface area contributed by atoms with Crippen LogP contribution in [0.15, 0.2) is 60.8 Å². The summed E-state index contributed by atoms with van der Waals surface area (Å²) in [6.45, 7) is -0.441. The molecular formula is C49H60F5N5O18. The van der Waals surface area contributed by atoms with E-state index in [9.17, 15) is 66.7 Å². The number of aliphatic hydroxyl groups is 4. The minimum Gasteiger partial charge on any atom is -0.477 e. The number of esters is 1. The average Bonchev–Trinajstić information content (AvgIpc) is 3.90. The number of halogens is 5. The van der Waals surface area contributed by atoms with Gasteiger partial charge in [0.05, 0.1) is 130 Å². The van der Waals surface area contributed by atoms with Crippen LogP contribution >= 0.6 is 0 Å². The largest absolute Gasteiger partial charge is 0.477 e. The number of amides is 2. The topological polar surface area (TPSA) is 307 Å². The number of carbonyl (C=O) groups excluding carboxylic acids is 3. The molecule has 23 nitrogen and oxygen atoms in total. The first-order chi connectivity index (χ1) is 37.0. The van der Waals surface area contributed by atoms with Gasteiger partial charge in [0.15, 0.2) is 0 Å². The number of carboxylic acid groups (broad SMARTS) is 1. The van der Waals surface area contributed by atoms with Crippen LogP contribution in [0.5, 0.6) is 5.75 Å². The van der Waals surface area contributed by atoms with Gasteiger partial charge < -0.3 is 78.8 Å². The van der Waals surface area contributed by atoms with Crippen LogP contribution in [-0.4, -0.2) is 193 Å². The molecule has 3 aromatic carbocycles. The van der Waals surface area contributed by atoms with Crippen LogP contribution in [0.25, 0.3) is 11.1 Å². The Morgan fingerprint density at radius 3 is 1.90 bits per heavy atom. The second kappa shape index (κ2) is 31.9. The predicted molar refractivity (Wildman–Crippen MR) is 252 cm³/mol. The Bertz CT molecular complexity index is 2460. The highest BCUT2D eigenvalue weighted by atomic mass is 19.2. The fourth-order valence-corrected chi connectivity index (χ4v) is 7.29. The number of aliphatic carboxylic acids is 1. The summed E-state index contributed by atoms with van der Waals surface area (Å²) < 4.78 is 116. The molecule has 424 valence electrons. The second-order valence-corrected chi connectivity index (χ2v) is 16.8. The van der Waals surface area contributed by atoms with Crippen molar-refractivity contribution in [2.24, 2.45) is 0 Å². The monoisotopic (exact) mass is 1100 g/mol. The molecule has 2 heterocycles. The van der Waals surface area contributed by atoms with Gasteiger partial charge in [0.25, 0.3) is 5.79 Å². The predicted octanol–water partition coefficient (Wildman–Crippen LogP) is 0.741. The number of carbonyl (C=O) groups is 4. The lowest BCUT2D eigenvalue weighted by molar-refractivity contribution is -0.312. The summed E-state index contributed by atoms with van der Waals surface area (Å²) in [5, 5.41) is 65.6. The summed E-state index contributed by atoms with van der Waals surface area (Å²) in [6.07, 6.45) is -7.01. The van der Waals surface area contributed by atoms with E-state index in [2.05, 4.69) is 25.7 Å². The Hall–Kier alpha value is -6.15. The number of aliphatic hydroxyl groups excluding tert-OH is 4. The van der Waals surface area contributed by atoms with Gasteiger partial charge in [-0.1, -0.05) is 59.8 Å². The summed E-state index contributed by atoms with van der Waals surface area (Å²) >= 11 is 0. The van der Waals surface area contributed by atoms with Gasteiger partial charge in [0, 0.05) is 13.0 Å². The third-order valence-corrected chi connectivity index (χ3v) is 11.2. The highest BCUT2D eigenvalue weighted by Gasteiger charge is 2.56. The minimum atomic E-state index is -2.58. The van der Waals surface area contributed by atoms with Crippen molar-refractivity contribution >= 4 is 23.8 Å². The zero-order valence-corrected chi connectivity index (χ0v) is 41.4. The Balaban J connectivity index is 0.899. The summed E-state index contributed by atoms with van der Waals surface area (Å²) in [5.74, 6) is -20.1. The van der Waals surface area contributed by atoms with Crippen LogP contribution in [-0.2, 0) is 76.6 Å². The normalized spacial score (nSPS) is 18.2. The van der Waals surface area contributed by atoms with Crippen LogP contribution in [0.1, 0.15) is 24.1 Å². The van der Waals surface area contributed by atoms with Gasteiger partial charge in [-0.3, -0.25) is 14.4 Å². The van der Waals surface area contributed by atoms with Gasteiger partial charge in [-0.25, -0.2) is 22.6 Å². The maximum Gasteiger partial charge on any atom is 0.364 e. The van der Waals surface area contributed by atoms with Crippen LogP contribution in [0.4, 0.5) is 22.0 Å². The maximum absolute atomic E-state index is 13.6. The van der Waals surface area contributed by atoms with E-state index < -0.39 is 121 Å². The Kier molecular flexibility index (Phi) is 25.6. The Morgan fingerprint density at radius 2 is 1.29 bits per heavy atom. The zero-order chi connectivity index (χ0) is 55.7. The van der Waals surface area contributed by atoms with Crippen LogP contribution in [0.3, 0.4) is 0 Å². The quantitative estimate of drug-likeness (QED) is 0.00835. The first-order valence-corrected chi connectivity index (χ1v) is 24.0. The first-order valence-electron chi connectivity index (χ1n) is 24.0. The molecule has 0 radical (unpaired) electrons. The third kappa shape index (κ3) is 19.4. The molecular weight excluding hydrogens is 1040 g/mol. The molecule has 5 rings (SSSR count). The molecule has 4 aromatic rings. The highest BCUT2D eigenvalue weighted by molar-refractivity contribution is 5.79. The summed E-state index contributed by atoms with van der Waals surface area (Å²) in [7, 11) is 0. The van der Waals surface area contributed by atoms with E-state index in [1.807, 2.05) is 42.5 Å². The lowest BCUT2D eigenvalue weighted by atomic mass is 9.88. The summed E-state index contributed by atoms with van der Waals surface area (Å²) in [6, 6.07) is 15.4. The molecule has 77 heavy (non-hydrogen) atoms. The molecule has 1 saturated heterocycles. The number of nitrogens with one attached hydrogen (secondary N) is 2. The smallest absolute Gasteiger partial charge is 0.364 e. The van der Waals surface area contributed by atoms with Gasteiger partial charge >= 0.3 is 11.9 Å². The fraction of sp³-hybridized carbons (Fsp3) is 0.510. The number of aromatic nitrogens is 3. The second-order valence-electron chi connectivity index (χ2n) is 16.8. The molecule has 1 aliphatic rings. The van der Waals surface area contributed by atoms with Crippen LogP contribution in [0, 0.1) is 29.1 Å². The number of carboxylic acids is 1. The van der Waals surface area contributed by atoms with Crippen molar-refractivity contribution in [3.05, 3.63) is 101 Å². The molecule has 2 amide bonds. The fourth-order valence-electron chi connectivity index (χ4n) is 7.29. The highest BCUT2D eigenvalue weighted by Crippen LogP contribution is 2.34. The van der Waals surface area contributed by atoms with Crippen molar-refractivity contribution in [3.63, 3.8) is 0 Å². The maximum atomic E-state index is 13.6. The number of hydrogen-bond acceptors (Lipinski definition) is 19. The van der Waals surface area contributed by atoms with Gasteiger partial charge in [0.1, 0.15) is 24.5 Å². The minimum absolute atomic E-state index is 0.0218. The standard InChI is InChI=1S/C49H60F5N5O18/c50-39-40(51)42(53)46(43(54)41(39)52)76-38(65)10-12-69-14-16-71-18-19-72-17-15-70-13-11-59-27-33(57-58-59)29-74-21-20-73-22-23-75-49(48(67)68)25-34(61)44(56-37(64)28-60)47(77-49)45(66)35(62)26-55-36(63)24-30-6-8-32(9-7-30)31-4-2-1-3-5-31/h1-9,27,34-35,44-45,47,60-62,66H,10-26,28-29H2,(H,55,63)(H,56,64)(H,67,68)/t34-,35+,44+,45+,47+,49+/m0/s1. The molecule has 0 spiro atoms. The molecule has 1 fully saturated rings. The average molecular weight is 1100 g/mol. The molecule has 1 aliphatic heterocycles. The van der Waals surface area contributed by atoms with Crippen LogP contribution in [0.2, 0.25) is 0 Å². The molecule has 28 heteroatoms. The number of benzene rings is 3. The lowest BCUT2D eigenvalue weighted by Gasteiger charge is -2.46. The summed E-state index contributed by atoms with van der Waals surface area (Å²) in [5.41, 5.74) is 3.12. The van der Waals surface area contributed by atoms with Gasteiger partial charge in [0.2, 0.25) is 46.6 Å². The van der Waals surface area contributed by atoms with E-state index in [-0.39, 0.29) is 92.3 Å². The number of hydrogen-bond donors (Lipinski definition) is 7. The van der Waals surface area contributed by atoms with Gasteiger partial charge in [-0.05, 0) is 16.7 Å². The molecule has 6 atom stereocenters. The Morgan fingerprint density at radius 1 is 0.727 bits per heavy atom. The first kappa shape index (κ1) is 61.7. The number of rotatable bonds is 35. The number of nitrogens with zero attached hydrogens (tertiary/aromatic N) is 3. The van der Waals surface area contributed by atoms with E-state index in [0.29, 0.717) is 17.8 Å². The van der Waals surface area contributed by atoms with E-state index >= 15 is 0 Å². The van der Waals surface area contributed by atoms with Crippen molar-refractivity contribution in [1.82, 2.24) is 25.6 Å². The summed E-state index contributed by atoms with van der Waals surface area (Å²) in [4.78, 5) is 49.3. The Labute approximate surface area is 437 Å². The van der Waals surface area contributed by atoms with E-state index in [4.69, 9.17) is 37.9 Å². The van der Waals surface area contributed by atoms with E-state index in [1.165, 1.54) is 0 Å². The third-order valence-electron chi connectivity index (χ3n) is 11.2. The molecule has 1 aromatic heterocycles. The van der Waals surface area contributed by atoms with Crippen molar-refractivity contribution in [2.75, 3.05) is 92.4 Å². The van der Waals surface area contributed by atoms with Crippen molar-refractivity contribution < 1.29 is 109 Å². The van der Waals surface area contributed by atoms with Crippen molar-refractivity contribution in [1.29, 1.82) is 0 Å². The van der Waals surface area contributed by atoms with Crippen molar-refractivity contribution in [2.45, 2.75) is 68.7 Å². The van der Waals surface area contributed by atoms with Crippen LogP contribution < -0.4 is 15.4 Å². The molecule has 0 aliphatic carbocycles. The number of ether oxygens (including phenoxy) is 9. The zero-order valence-electron chi connectivity index (χ0n) is 41.4. The molecule has 0 bridgehead atoms. The van der Waals surface area contributed by atoms with E-state index in [0.717, 1.165) is 11.1 Å².